The van der Waals surface area contributed by atoms with Crippen molar-refractivity contribution in [2.45, 2.75) is 13.5 Å². The molecule has 5 heteroatoms. The van der Waals surface area contributed by atoms with Crippen LogP contribution in [-0.4, -0.2) is 23.9 Å². The van der Waals surface area contributed by atoms with Crippen molar-refractivity contribution in [1.82, 2.24) is 15.1 Å². The third kappa shape index (κ3) is 2.67. The Morgan fingerprint density at radius 2 is 2.16 bits per heavy atom. The molecule has 0 aliphatic rings. The Kier molecular flexibility index (Phi) is 4.27. The van der Waals surface area contributed by atoms with Gasteiger partial charge in [0.15, 0.2) is 0 Å². The number of hydrogen-bond acceptors (Lipinski definition) is 3. The molecular formula is C14H18BrN3O. The second-order valence-electron chi connectivity index (χ2n) is 4.42. The van der Waals surface area contributed by atoms with Crippen LogP contribution in [0.25, 0.3) is 11.3 Å². The zero-order valence-electron chi connectivity index (χ0n) is 11.6. The molecule has 0 saturated carbocycles. The monoisotopic (exact) mass is 323 g/mol. The fourth-order valence-corrected chi connectivity index (χ4v) is 2.71. The van der Waals surface area contributed by atoms with Crippen LogP contribution in [0.4, 0.5) is 0 Å². The summed E-state index contributed by atoms with van der Waals surface area (Å²) in [5.41, 5.74) is 4.50. The lowest BCUT2D eigenvalue weighted by Gasteiger charge is -2.05. The van der Waals surface area contributed by atoms with Crippen molar-refractivity contribution in [3.63, 3.8) is 0 Å². The largest absolute Gasteiger partial charge is 0.496 e. The van der Waals surface area contributed by atoms with Crippen molar-refractivity contribution < 1.29 is 4.74 Å². The van der Waals surface area contributed by atoms with E-state index in [2.05, 4.69) is 33.3 Å². The number of ether oxygens (including phenoxy) is 1. The van der Waals surface area contributed by atoms with Crippen molar-refractivity contribution in [2.75, 3.05) is 14.2 Å². The highest BCUT2D eigenvalue weighted by molar-refractivity contribution is 9.10. The average Bonchev–Trinajstić information content (AvgIpc) is 2.67. The van der Waals surface area contributed by atoms with Gasteiger partial charge in [-0.05, 0) is 53.7 Å². The van der Waals surface area contributed by atoms with Crippen LogP contribution in [0.3, 0.4) is 0 Å². The van der Waals surface area contributed by atoms with E-state index in [4.69, 9.17) is 4.74 Å². The van der Waals surface area contributed by atoms with Crippen LogP contribution < -0.4 is 10.1 Å². The van der Waals surface area contributed by atoms with Gasteiger partial charge in [-0.3, -0.25) is 4.68 Å². The molecule has 19 heavy (non-hydrogen) atoms. The quantitative estimate of drug-likeness (QED) is 0.940. The molecule has 0 radical (unpaired) electrons. The fraction of sp³-hybridized carbons (Fsp3) is 0.357. The molecular weight excluding hydrogens is 306 g/mol. The van der Waals surface area contributed by atoms with Crippen molar-refractivity contribution >= 4 is 15.9 Å². The molecule has 0 unspecified atom stereocenters. The summed E-state index contributed by atoms with van der Waals surface area (Å²) < 4.78 is 8.12. The zero-order chi connectivity index (χ0) is 14.0. The molecule has 0 atom stereocenters. The molecule has 4 nitrogen and oxygen atoms in total. The maximum Gasteiger partial charge on any atom is 0.133 e. The topological polar surface area (TPSA) is 39.1 Å². The number of hydrogen-bond donors (Lipinski definition) is 1. The van der Waals surface area contributed by atoms with Crippen molar-refractivity contribution in [3.8, 4) is 17.0 Å². The summed E-state index contributed by atoms with van der Waals surface area (Å²) in [5, 5.41) is 7.78. The number of rotatable bonds is 4. The van der Waals surface area contributed by atoms with Crippen LogP contribution in [0.15, 0.2) is 22.7 Å². The van der Waals surface area contributed by atoms with Crippen molar-refractivity contribution in [3.05, 3.63) is 33.9 Å². The van der Waals surface area contributed by atoms with Gasteiger partial charge in [0.05, 0.1) is 23.0 Å². The Bertz CT molecular complexity index is 593. The molecule has 0 saturated heterocycles. The first-order chi connectivity index (χ1) is 9.08. The van der Waals surface area contributed by atoms with Gasteiger partial charge in [0.25, 0.3) is 0 Å². The Labute approximate surface area is 121 Å². The minimum Gasteiger partial charge on any atom is -0.496 e. The number of benzene rings is 1. The normalized spacial score (nSPS) is 10.8. The molecule has 1 N–H and O–H groups in total. The predicted molar refractivity (Wildman–Crippen MR) is 80.4 cm³/mol. The van der Waals surface area contributed by atoms with Crippen LogP contribution in [0.5, 0.6) is 5.75 Å². The second-order valence-corrected chi connectivity index (χ2v) is 5.28. The minimum absolute atomic E-state index is 0.812. The third-order valence-electron chi connectivity index (χ3n) is 3.20. The standard InChI is InChI=1S/C14H18BrN3O/c1-9-12(8-16-2)18(3)17-14(9)10-5-6-13(19-4)11(15)7-10/h5-7,16H,8H2,1-4H3. The highest BCUT2D eigenvalue weighted by Gasteiger charge is 2.14. The molecule has 0 fully saturated rings. The number of methoxy groups -OCH3 is 1. The Morgan fingerprint density at radius 3 is 2.74 bits per heavy atom. The molecule has 0 aliphatic carbocycles. The number of halogens is 1. The first kappa shape index (κ1) is 14.1. The third-order valence-corrected chi connectivity index (χ3v) is 3.82. The van der Waals surface area contributed by atoms with Gasteiger partial charge in [0.2, 0.25) is 0 Å². The smallest absolute Gasteiger partial charge is 0.133 e. The molecule has 0 amide bonds. The molecule has 0 spiro atoms. The first-order valence-electron chi connectivity index (χ1n) is 6.09. The van der Waals surface area contributed by atoms with Crippen LogP contribution >= 0.6 is 15.9 Å². The van der Waals surface area contributed by atoms with Crippen molar-refractivity contribution in [1.29, 1.82) is 0 Å². The molecule has 2 rings (SSSR count). The van der Waals surface area contributed by atoms with Gasteiger partial charge >= 0.3 is 0 Å². The summed E-state index contributed by atoms with van der Waals surface area (Å²) in [6.45, 7) is 2.92. The van der Waals surface area contributed by atoms with Crippen LogP contribution in [-0.2, 0) is 13.6 Å². The van der Waals surface area contributed by atoms with E-state index in [1.165, 1.54) is 11.3 Å². The summed E-state index contributed by atoms with van der Waals surface area (Å²) in [5.74, 6) is 0.827. The lowest BCUT2D eigenvalue weighted by atomic mass is 10.1. The van der Waals surface area contributed by atoms with E-state index < -0.39 is 0 Å². The van der Waals surface area contributed by atoms with Gasteiger partial charge < -0.3 is 10.1 Å². The molecule has 0 aliphatic heterocycles. The second kappa shape index (κ2) is 5.75. The first-order valence-corrected chi connectivity index (χ1v) is 6.88. The predicted octanol–water partition coefficient (Wildman–Crippen LogP) is 2.89. The van der Waals surface area contributed by atoms with Crippen LogP contribution in [0.1, 0.15) is 11.3 Å². The van der Waals surface area contributed by atoms with Crippen LogP contribution in [0.2, 0.25) is 0 Å². The Morgan fingerprint density at radius 1 is 1.42 bits per heavy atom. The van der Waals surface area contributed by atoms with Gasteiger partial charge in [-0.1, -0.05) is 0 Å². The number of aryl methyl sites for hydroxylation is 1. The van der Waals surface area contributed by atoms with E-state index in [0.29, 0.717) is 0 Å². The lowest BCUT2D eigenvalue weighted by molar-refractivity contribution is 0.412. The van der Waals surface area contributed by atoms with E-state index >= 15 is 0 Å². The van der Waals surface area contributed by atoms with Gasteiger partial charge in [-0.15, -0.1) is 0 Å². The fourth-order valence-electron chi connectivity index (χ4n) is 2.17. The molecule has 102 valence electrons. The Balaban J connectivity index is 2.47. The SMILES string of the molecule is CNCc1c(C)c(-c2ccc(OC)c(Br)c2)nn1C. The molecule has 1 aromatic heterocycles. The van der Waals surface area contributed by atoms with E-state index in [1.54, 1.807) is 7.11 Å². The summed E-state index contributed by atoms with van der Waals surface area (Å²) in [7, 11) is 5.58. The number of nitrogens with one attached hydrogen (secondary N) is 1. The summed E-state index contributed by atoms with van der Waals surface area (Å²) in [6.07, 6.45) is 0. The summed E-state index contributed by atoms with van der Waals surface area (Å²) in [4.78, 5) is 0. The lowest BCUT2D eigenvalue weighted by Crippen LogP contribution is -2.10. The molecule has 1 aromatic carbocycles. The number of aromatic nitrogens is 2. The summed E-state index contributed by atoms with van der Waals surface area (Å²) >= 11 is 3.51. The van der Waals surface area contributed by atoms with E-state index in [9.17, 15) is 0 Å². The highest BCUT2D eigenvalue weighted by atomic mass is 79.9. The van der Waals surface area contributed by atoms with E-state index in [-0.39, 0.29) is 0 Å². The van der Waals surface area contributed by atoms with Gasteiger partial charge in [-0.25, -0.2) is 0 Å². The highest BCUT2D eigenvalue weighted by Crippen LogP contribution is 2.32. The maximum atomic E-state index is 5.25. The van der Waals surface area contributed by atoms with Gasteiger partial charge in [-0.2, -0.15) is 5.10 Å². The maximum absolute atomic E-state index is 5.25. The average molecular weight is 324 g/mol. The molecule has 0 bridgehead atoms. The van der Waals surface area contributed by atoms with Crippen LogP contribution in [0, 0.1) is 6.92 Å². The van der Waals surface area contributed by atoms with Gasteiger partial charge in [0.1, 0.15) is 5.75 Å². The molecule has 2 aromatic rings. The summed E-state index contributed by atoms with van der Waals surface area (Å²) in [6, 6.07) is 6.02. The van der Waals surface area contributed by atoms with E-state index in [1.807, 2.05) is 37.0 Å². The zero-order valence-corrected chi connectivity index (χ0v) is 13.2. The minimum atomic E-state index is 0.812. The molecule has 1 heterocycles. The van der Waals surface area contributed by atoms with E-state index in [0.717, 1.165) is 28.0 Å². The van der Waals surface area contributed by atoms with Gasteiger partial charge in [0, 0.05) is 19.2 Å². The number of nitrogens with zero attached hydrogens (tertiary/aromatic N) is 2. The van der Waals surface area contributed by atoms with Crippen molar-refractivity contribution in [2.24, 2.45) is 7.05 Å². The Hall–Kier alpha value is -1.33.